The van der Waals surface area contributed by atoms with Crippen molar-refractivity contribution in [2.24, 2.45) is 0 Å². The molecule has 0 radical (unpaired) electrons. The van der Waals surface area contributed by atoms with Crippen molar-refractivity contribution in [3.05, 3.63) is 29.3 Å². The molecule has 2 rings (SSSR count). The molecule has 98 valence electrons. The topological polar surface area (TPSA) is 55.6 Å². The number of hydrogen-bond acceptors (Lipinski definition) is 3. The standard InChI is InChI=1S/C14H20N2O2/c1-10-4-5-12(15)11(8-10)13(17)16-6-7-18-14(2,3)9-16/h4-5,8H,6-7,9,15H2,1-3H3. The van der Waals surface area contributed by atoms with Gasteiger partial charge in [0, 0.05) is 18.8 Å². The highest BCUT2D eigenvalue weighted by molar-refractivity contribution is 5.99. The van der Waals surface area contributed by atoms with Crippen LogP contribution in [0, 0.1) is 6.92 Å². The van der Waals surface area contributed by atoms with E-state index in [0.29, 0.717) is 30.9 Å². The summed E-state index contributed by atoms with van der Waals surface area (Å²) < 4.78 is 5.61. The summed E-state index contributed by atoms with van der Waals surface area (Å²) in [5, 5.41) is 0. The molecule has 0 atom stereocenters. The molecule has 2 N–H and O–H groups in total. The Morgan fingerprint density at radius 1 is 1.44 bits per heavy atom. The fourth-order valence-electron chi connectivity index (χ4n) is 2.22. The second kappa shape index (κ2) is 4.61. The maximum Gasteiger partial charge on any atom is 0.256 e. The van der Waals surface area contributed by atoms with E-state index in [9.17, 15) is 4.79 Å². The van der Waals surface area contributed by atoms with E-state index < -0.39 is 0 Å². The molecule has 1 amide bonds. The Bertz CT molecular complexity index is 469. The lowest BCUT2D eigenvalue weighted by atomic mass is 10.0. The maximum absolute atomic E-state index is 12.5. The fourth-order valence-corrected chi connectivity index (χ4v) is 2.22. The molecule has 1 saturated heterocycles. The zero-order valence-electron chi connectivity index (χ0n) is 11.2. The van der Waals surface area contributed by atoms with Gasteiger partial charge in [-0.15, -0.1) is 0 Å². The summed E-state index contributed by atoms with van der Waals surface area (Å²) in [6, 6.07) is 5.55. The van der Waals surface area contributed by atoms with E-state index in [4.69, 9.17) is 10.5 Å². The number of morpholine rings is 1. The maximum atomic E-state index is 12.5. The average Bonchev–Trinajstić information content (AvgIpc) is 2.30. The zero-order chi connectivity index (χ0) is 13.3. The van der Waals surface area contributed by atoms with Crippen molar-refractivity contribution in [3.8, 4) is 0 Å². The normalized spacial score (nSPS) is 18.7. The second-order valence-electron chi connectivity index (χ2n) is 5.43. The Kier molecular flexibility index (Phi) is 3.30. The van der Waals surface area contributed by atoms with E-state index in [0.717, 1.165) is 5.56 Å². The van der Waals surface area contributed by atoms with Crippen LogP contribution in [0.1, 0.15) is 29.8 Å². The largest absolute Gasteiger partial charge is 0.398 e. The monoisotopic (exact) mass is 248 g/mol. The van der Waals surface area contributed by atoms with Crippen molar-refractivity contribution in [2.75, 3.05) is 25.4 Å². The number of rotatable bonds is 1. The molecule has 0 spiro atoms. The van der Waals surface area contributed by atoms with Gasteiger partial charge < -0.3 is 15.4 Å². The third-order valence-electron chi connectivity index (χ3n) is 3.15. The lowest BCUT2D eigenvalue weighted by Gasteiger charge is -2.38. The molecule has 1 fully saturated rings. The summed E-state index contributed by atoms with van der Waals surface area (Å²) in [4.78, 5) is 14.3. The van der Waals surface area contributed by atoms with Crippen LogP contribution in [0.25, 0.3) is 0 Å². The van der Waals surface area contributed by atoms with Gasteiger partial charge >= 0.3 is 0 Å². The van der Waals surface area contributed by atoms with Gasteiger partial charge in [0.25, 0.3) is 5.91 Å². The predicted octanol–water partition coefficient (Wildman–Crippen LogP) is 1.83. The fraction of sp³-hybridized carbons (Fsp3) is 0.500. The Balaban J connectivity index is 2.23. The van der Waals surface area contributed by atoms with Crippen LogP contribution in [0.2, 0.25) is 0 Å². The molecule has 18 heavy (non-hydrogen) atoms. The number of nitrogens with two attached hydrogens (primary N) is 1. The molecule has 1 aliphatic heterocycles. The molecule has 4 nitrogen and oxygen atoms in total. The minimum atomic E-state index is -0.285. The van der Waals surface area contributed by atoms with Crippen molar-refractivity contribution >= 4 is 11.6 Å². The van der Waals surface area contributed by atoms with Gasteiger partial charge in [0.2, 0.25) is 0 Å². The first-order chi connectivity index (χ1) is 8.39. The number of amides is 1. The molecular weight excluding hydrogens is 228 g/mol. The molecule has 0 aromatic heterocycles. The number of anilines is 1. The van der Waals surface area contributed by atoms with Crippen LogP contribution >= 0.6 is 0 Å². The van der Waals surface area contributed by atoms with Crippen molar-refractivity contribution in [1.82, 2.24) is 4.90 Å². The molecule has 0 aliphatic carbocycles. The third-order valence-corrected chi connectivity index (χ3v) is 3.15. The summed E-state index contributed by atoms with van der Waals surface area (Å²) >= 11 is 0. The van der Waals surface area contributed by atoms with Gasteiger partial charge in [0.1, 0.15) is 0 Å². The first-order valence-corrected chi connectivity index (χ1v) is 6.18. The number of hydrogen-bond donors (Lipinski definition) is 1. The molecule has 1 aromatic rings. The van der Waals surface area contributed by atoms with Gasteiger partial charge in [0.05, 0.1) is 17.8 Å². The van der Waals surface area contributed by atoms with Gasteiger partial charge in [-0.1, -0.05) is 11.6 Å². The average molecular weight is 248 g/mol. The molecule has 4 heteroatoms. The highest BCUT2D eigenvalue weighted by Crippen LogP contribution is 2.21. The summed E-state index contributed by atoms with van der Waals surface area (Å²) in [5.41, 5.74) is 7.77. The van der Waals surface area contributed by atoms with Crippen LogP contribution in [0.3, 0.4) is 0 Å². The lowest BCUT2D eigenvalue weighted by Crippen LogP contribution is -2.50. The van der Waals surface area contributed by atoms with Crippen molar-refractivity contribution in [1.29, 1.82) is 0 Å². The Morgan fingerprint density at radius 2 is 2.17 bits per heavy atom. The number of carbonyl (C=O) groups is 1. The van der Waals surface area contributed by atoms with Gasteiger partial charge in [-0.3, -0.25) is 4.79 Å². The minimum Gasteiger partial charge on any atom is -0.398 e. The Hall–Kier alpha value is -1.55. The Labute approximate surface area is 108 Å². The van der Waals surface area contributed by atoms with Crippen molar-refractivity contribution in [2.45, 2.75) is 26.4 Å². The molecule has 0 bridgehead atoms. The molecule has 1 heterocycles. The number of nitrogens with zero attached hydrogens (tertiary/aromatic N) is 1. The highest BCUT2D eigenvalue weighted by Gasteiger charge is 2.30. The highest BCUT2D eigenvalue weighted by atomic mass is 16.5. The minimum absolute atomic E-state index is 0.00687. The first kappa shape index (κ1) is 12.9. The van der Waals surface area contributed by atoms with Crippen LogP contribution < -0.4 is 5.73 Å². The van der Waals surface area contributed by atoms with Crippen molar-refractivity contribution in [3.63, 3.8) is 0 Å². The summed E-state index contributed by atoms with van der Waals surface area (Å²) in [5.74, 6) is -0.00687. The number of carbonyl (C=O) groups excluding carboxylic acids is 1. The molecule has 0 saturated carbocycles. The second-order valence-corrected chi connectivity index (χ2v) is 5.43. The van der Waals surface area contributed by atoms with Gasteiger partial charge in [-0.25, -0.2) is 0 Å². The van der Waals surface area contributed by atoms with Crippen LogP contribution in [-0.4, -0.2) is 36.1 Å². The van der Waals surface area contributed by atoms with Gasteiger partial charge in [0.15, 0.2) is 0 Å². The SMILES string of the molecule is Cc1ccc(N)c(C(=O)N2CCOC(C)(C)C2)c1. The number of ether oxygens (including phenoxy) is 1. The summed E-state index contributed by atoms with van der Waals surface area (Å²) in [7, 11) is 0. The van der Waals surface area contributed by atoms with Crippen LogP contribution in [-0.2, 0) is 4.74 Å². The van der Waals surface area contributed by atoms with E-state index in [1.807, 2.05) is 37.8 Å². The van der Waals surface area contributed by atoms with E-state index >= 15 is 0 Å². The summed E-state index contributed by atoms with van der Waals surface area (Å²) in [6.07, 6.45) is 0. The third kappa shape index (κ3) is 2.64. The van der Waals surface area contributed by atoms with Crippen LogP contribution in [0.15, 0.2) is 18.2 Å². The summed E-state index contributed by atoms with van der Waals surface area (Å²) in [6.45, 7) is 7.73. The predicted molar refractivity (Wildman–Crippen MR) is 71.5 cm³/mol. The zero-order valence-corrected chi connectivity index (χ0v) is 11.2. The molecule has 1 aliphatic rings. The van der Waals surface area contributed by atoms with Crippen molar-refractivity contribution < 1.29 is 9.53 Å². The lowest BCUT2D eigenvalue weighted by molar-refractivity contribution is -0.0763. The number of nitrogen functional groups attached to an aromatic ring is 1. The quantitative estimate of drug-likeness (QED) is 0.771. The van der Waals surface area contributed by atoms with E-state index in [2.05, 4.69) is 0 Å². The smallest absolute Gasteiger partial charge is 0.256 e. The number of aryl methyl sites for hydroxylation is 1. The Morgan fingerprint density at radius 3 is 2.83 bits per heavy atom. The molecule has 1 aromatic carbocycles. The molecular formula is C14H20N2O2. The van der Waals surface area contributed by atoms with Crippen LogP contribution in [0.5, 0.6) is 0 Å². The first-order valence-electron chi connectivity index (χ1n) is 6.18. The van der Waals surface area contributed by atoms with E-state index in [1.54, 1.807) is 6.07 Å². The molecule has 0 unspecified atom stereocenters. The van der Waals surface area contributed by atoms with E-state index in [-0.39, 0.29) is 11.5 Å². The number of benzene rings is 1. The van der Waals surface area contributed by atoms with Gasteiger partial charge in [-0.05, 0) is 32.9 Å². The van der Waals surface area contributed by atoms with E-state index in [1.165, 1.54) is 0 Å². The van der Waals surface area contributed by atoms with Crippen LogP contribution in [0.4, 0.5) is 5.69 Å². The van der Waals surface area contributed by atoms with Gasteiger partial charge in [-0.2, -0.15) is 0 Å².